The van der Waals surface area contributed by atoms with Gasteiger partial charge in [-0.3, -0.25) is 9.10 Å². The minimum atomic E-state index is -3.82. The normalized spacial score (nSPS) is 14.8. The molecule has 126 valence electrons. The molecule has 0 aromatic heterocycles. The van der Waals surface area contributed by atoms with Crippen molar-refractivity contribution in [3.8, 4) is 0 Å². The smallest absolute Gasteiger partial charge is 0.265 e. The fraction of sp³-hybridized carbons (Fsp3) is 0.278. The number of sulfonamides is 1. The molecule has 24 heavy (non-hydrogen) atoms. The molecule has 1 aliphatic rings. The van der Waals surface area contributed by atoms with E-state index in [2.05, 4.69) is 0 Å². The van der Waals surface area contributed by atoms with Crippen LogP contribution in [0.4, 0.5) is 11.4 Å². The molecule has 2 aromatic carbocycles. The molecule has 0 unspecified atom stereocenters. The lowest BCUT2D eigenvalue weighted by Crippen LogP contribution is -2.46. The Morgan fingerprint density at radius 2 is 1.50 bits per heavy atom. The summed E-state index contributed by atoms with van der Waals surface area (Å²) < 4.78 is 27.8. The van der Waals surface area contributed by atoms with Crippen LogP contribution in [-0.2, 0) is 14.8 Å². The van der Waals surface area contributed by atoms with Gasteiger partial charge >= 0.3 is 0 Å². The van der Waals surface area contributed by atoms with E-state index in [1.165, 1.54) is 9.21 Å². The van der Waals surface area contributed by atoms with E-state index in [4.69, 9.17) is 0 Å². The minimum absolute atomic E-state index is 0.192. The zero-order valence-corrected chi connectivity index (χ0v) is 15.0. The monoisotopic (exact) mass is 344 g/mol. The summed E-state index contributed by atoms with van der Waals surface area (Å²) >= 11 is 0. The molecule has 1 aliphatic heterocycles. The first kappa shape index (κ1) is 16.5. The maximum Gasteiger partial charge on any atom is 0.265 e. The van der Waals surface area contributed by atoms with Crippen LogP contribution in [0, 0.1) is 20.8 Å². The van der Waals surface area contributed by atoms with E-state index in [9.17, 15) is 13.2 Å². The van der Waals surface area contributed by atoms with E-state index in [0.29, 0.717) is 22.5 Å². The first-order valence-electron chi connectivity index (χ1n) is 7.69. The second-order valence-electron chi connectivity index (χ2n) is 6.18. The molecule has 6 heteroatoms. The molecule has 1 heterocycles. The number of anilines is 2. The maximum atomic E-state index is 13.3. The summed E-state index contributed by atoms with van der Waals surface area (Å²) in [6.45, 7) is 5.32. The Balaban J connectivity index is 2.22. The lowest BCUT2D eigenvalue weighted by atomic mass is 10.1. The number of likely N-dealkylation sites (N-methyl/N-ethyl adjacent to an activating group) is 1. The zero-order valence-electron chi connectivity index (χ0n) is 14.2. The number of aryl methyl sites for hydroxylation is 3. The van der Waals surface area contributed by atoms with Gasteiger partial charge in [0.25, 0.3) is 10.0 Å². The van der Waals surface area contributed by atoms with Crippen LogP contribution in [0.1, 0.15) is 16.7 Å². The topological polar surface area (TPSA) is 57.7 Å². The average molecular weight is 344 g/mol. The lowest BCUT2D eigenvalue weighted by molar-refractivity contribution is -0.117. The Labute approximate surface area is 142 Å². The molecule has 3 rings (SSSR count). The van der Waals surface area contributed by atoms with Gasteiger partial charge in [-0.15, -0.1) is 0 Å². The van der Waals surface area contributed by atoms with Gasteiger partial charge < -0.3 is 4.90 Å². The lowest BCUT2D eigenvalue weighted by Gasteiger charge is -2.35. The highest BCUT2D eigenvalue weighted by molar-refractivity contribution is 7.93. The molecule has 2 aromatic rings. The van der Waals surface area contributed by atoms with Gasteiger partial charge in [-0.25, -0.2) is 8.42 Å². The molecule has 0 saturated heterocycles. The molecule has 0 fully saturated rings. The molecule has 0 bridgehead atoms. The van der Waals surface area contributed by atoms with Crippen LogP contribution < -0.4 is 9.21 Å². The third kappa shape index (κ3) is 2.47. The van der Waals surface area contributed by atoms with E-state index in [1.54, 1.807) is 45.2 Å². The summed E-state index contributed by atoms with van der Waals surface area (Å²) in [5.74, 6) is -0.250. The van der Waals surface area contributed by atoms with Crippen molar-refractivity contribution in [2.75, 3.05) is 22.8 Å². The number of hydrogen-bond acceptors (Lipinski definition) is 3. The number of nitrogens with zero attached hydrogens (tertiary/aromatic N) is 2. The highest BCUT2D eigenvalue weighted by atomic mass is 32.2. The number of carbonyl (C=O) groups is 1. The van der Waals surface area contributed by atoms with Crippen LogP contribution in [0.5, 0.6) is 0 Å². The first-order valence-corrected chi connectivity index (χ1v) is 9.13. The number of rotatable bonds is 2. The highest BCUT2D eigenvalue weighted by Gasteiger charge is 2.36. The van der Waals surface area contributed by atoms with E-state index >= 15 is 0 Å². The molecule has 5 nitrogen and oxygen atoms in total. The highest BCUT2D eigenvalue weighted by Crippen LogP contribution is 2.37. The standard InChI is InChI=1S/C18H20N2O3S/c1-12-9-13(2)18(14(3)10-12)24(22,23)20-11-17(21)19(4)15-7-5-6-8-16(15)20/h5-10H,11H2,1-4H3. The van der Waals surface area contributed by atoms with Crippen LogP contribution >= 0.6 is 0 Å². The van der Waals surface area contributed by atoms with Gasteiger partial charge in [0, 0.05) is 7.05 Å². The third-order valence-corrected chi connectivity index (χ3v) is 6.38. The van der Waals surface area contributed by atoms with Crippen molar-refractivity contribution in [1.82, 2.24) is 0 Å². The number of amides is 1. The van der Waals surface area contributed by atoms with Crippen LogP contribution in [0.3, 0.4) is 0 Å². The second-order valence-corrected chi connectivity index (χ2v) is 7.98. The number of hydrogen-bond donors (Lipinski definition) is 0. The fourth-order valence-electron chi connectivity index (χ4n) is 3.31. The fourth-order valence-corrected chi connectivity index (χ4v) is 5.15. The van der Waals surface area contributed by atoms with E-state index in [0.717, 1.165) is 5.56 Å². The second kappa shape index (κ2) is 5.63. The summed E-state index contributed by atoms with van der Waals surface area (Å²) in [5.41, 5.74) is 3.52. The van der Waals surface area contributed by atoms with Gasteiger partial charge in [0.2, 0.25) is 5.91 Å². The third-order valence-electron chi connectivity index (χ3n) is 4.32. The molecule has 0 atom stereocenters. The van der Waals surface area contributed by atoms with E-state index in [1.807, 2.05) is 19.1 Å². The molecular formula is C18H20N2O3S. The number of benzene rings is 2. The van der Waals surface area contributed by atoms with Crippen molar-refractivity contribution in [1.29, 1.82) is 0 Å². The van der Waals surface area contributed by atoms with E-state index in [-0.39, 0.29) is 17.3 Å². The molecule has 0 radical (unpaired) electrons. The molecular weight excluding hydrogens is 324 g/mol. The van der Waals surface area contributed by atoms with Crippen molar-refractivity contribution < 1.29 is 13.2 Å². The number of fused-ring (bicyclic) bond motifs is 1. The van der Waals surface area contributed by atoms with Crippen molar-refractivity contribution in [2.45, 2.75) is 25.7 Å². The van der Waals surface area contributed by atoms with Crippen molar-refractivity contribution in [3.63, 3.8) is 0 Å². The van der Waals surface area contributed by atoms with Crippen LogP contribution in [0.25, 0.3) is 0 Å². The predicted octanol–water partition coefficient (Wildman–Crippen LogP) is 2.78. The van der Waals surface area contributed by atoms with Crippen LogP contribution in [0.15, 0.2) is 41.3 Å². The van der Waals surface area contributed by atoms with Crippen molar-refractivity contribution >= 4 is 27.3 Å². The zero-order chi connectivity index (χ0) is 17.6. The molecule has 1 amide bonds. The predicted molar refractivity (Wildman–Crippen MR) is 95.0 cm³/mol. The maximum absolute atomic E-state index is 13.3. The minimum Gasteiger partial charge on any atom is -0.312 e. The summed E-state index contributed by atoms with van der Waals surface area (Å²) in [5, 5.41) is 0. The molecule has 0 spiro atoms. The summed E-state index contributed by atoms with van der Waals surface area (Å²) in [4.78, 5) is 14.1. The van der Waals surface area contributed by atoms with Gasteiger partial charge in [-0.2, -0.15) is 0 Å². The Hall–Kier alpha value is -2.34. The SMILES string of the molecule is Cc1cc(C)c(S(=O)(=O)N2CC(=O)N(C)c3ccccc32)c(C)c1. The van der Waals surface area contributed by atoms with Gasteiger partial charge in [0.05, 0.1) is 16.3 Å². The summed E-state index contributed by atoms with van der Waals surface area (Å²) in [6.07, 6.45) is 0. The van der Waals surface area contributed by atoms with Gasteiger partial charge in [0.15, 0.2) is 0 Å². The van der Waals surface area contributed by atoms with Crippen molar-refractivity contribution in [2.24, 2.45) is 0 Å². The van der Waals surface area contributed by atoms with Gasteiger partial charge in [-0.05, 0) is 44.0 Å². The molecule has 0 N–H and O–H groups in total. The summed E-state index contributed by atoms with van der Waals surface area (Å²) in [6, 6.07) is 10.8. The Morgan fingerprint density at radius 1 is 0.958 bits per heavy atom. The van der Waals surface area contributed by atoms with Gasteiger partial charge in [0.1, 0.15) is 6.54 Å². The summed E-state index contributed by atoms with van der Waals surface area (Å²) in [7, 11) is -2.16. The first-order chi connectivity index (χ1) is 11.2. The van der Waals surface area contributed by atoms with Crippen LogP contribution in [0.2, 0.25) is 0 Å². The van der Waals surface area contributed by atoms with E-state index < -0.39 is 10.0 Å². The van der Waals surface area contributed by atoms with Crippen LogP contribution in [-0.4, -0.2) is 27.9 Å². The Kier molecular flexibility index (Phi) is 3.87. The number of para-hydroxylation sites is 2. The number of carbonyl (C=O) groups excluding carboxylic acids is 1. The van der Waals surface area contributed by atoms with Crippen molar-refractivity contribution in [3.05, 3.63) is 53.1 Å². The molecule has 0 saturated carbocycles. The quantitative estimate of drug-likeness (QED) is 0.842. The van der Waals surface area contributed by atoms with Gasteiger partial charge in [-0.1, -0.05) is 29.8 Å². The molecule has 0 aliphatic carbocycles. The average Bonchev–Trinajstić information content (AvgIpc) is 2.49. The largest absolute Gasteiger partial charge is 0.312 e. The Bertz CT molecular complexity index is 912. The Morgan fingerprint density at radius 3 is 2.08 bits per heavy atom.